The third-order valence-electron chi connectivity index (χ3n) is 4.73. The maximum Gasteiger partial charge on any atom is 0.321 e. The second kappa shape index (κ2) is 8.09. The smallest absolute Gasteiger partial charge is 0.321 e. The third-order valence-corrected chi connectivity index (χ3v) is 4.73. The molecule has 4 rings (SSSR count). The van der Waals surface area contributed by atoms with E-state index in [9.17, 15) is 14.0 Å². The highest BCUT2D eigenvalue weighted by Crippen LogP contribution is 2.19. The molecule has 0 radical (unpaired) electrons. The molecule has 148 valence electrons. The summed E-state index contributed by atoms with van der Waals surface area (Å²) in [6.07, 6.45) is 1.42. The lowest BCUT2D eigenvalue weighted by atomic mass is 10.1. The van der Waals surface area contributed by atoms with Gasteiger partial charge in [-0.25, -0.2) is 14.2 Å². The minimum atomic E-state index is -0.443. The molecule has 0 saturated carbocycles. The number of urea groups is 1. The van der Waals surface area contributed by atoms with E-state index in [0.717, 1.165) is 5.56 Å². The van der Waals surface area contributed by atoms with Crippen molar-refractivity contribution in [3.63, 3.8) is 0 Å². The van der Waals surface area contributed by atoms with Crippen LogP contribution >= 0.6 is 0 Å². The lowest BCUT2D eigenvalue weighted by Crippen LogP contribution is -2.51. The van der Waals surface area contributed by atoms with Crippen molar-refractivity contribution >= 4 is 17.6 Å². The molecule has 0 bridgehead atoms. The summed E-state index contributed by atoms with van der Waals surface area (Å²) in [6.45, 7) is 1.57. The molecule has 0 spiro atoms. The Bertz CT molecular complexity index is 1020. The molecule has 3 aromatic rings. The molecule has 1 fully saturated rings. The quantitative estimate of drug-likeness (QED) is 0.714. The monoisotopic (exact) mass is 394 g/mol. The highest BCUT2D eigenvalue weighted by molar-refractivity contribution is 5.94. The van der Waals surface area contributed by atoms with Gasteiger partial charge in [-0.1, -0.05) is 18.2 Å². The number of nitrogens with zero attached hydrogens (tertiary/aromatic N) is 4. The molecule has 2 N–H and O–H groups in total. The van der Waals surface area contributed by atoms with Crippen LogP contribution in [0.1, 0.15) is 10.4 Å². The number of aromatic nitrogens is 3. The zero-order valence-electron chi connectivity index (χ0n) is 15.5. The van der Waals surface area contributed by atoms with Crippen LogP contribution in [0.15, 0.2) is 54.9 Å². The fraction of sp³-hybridized carbons (Fsp3) is 0.200. The maximum atomic E-state index is 13.3. The van der Waals surface area contributed by atoms with Gasteiger partial charge in [0.05, 0.1) is 0 Å². The van der Waals surface area contributed by atoms with Crippen LogP contribution in [0.4, 0.5) is 14.9 Å². The Morgan fingerprint density at radius 2 is 1.76 bits per heavy atom. The van der Waals surface area contributed by atoms with Crippen LogP contribution in [0.2, 0.25) is 0 Å². The van der Waals surface area contributed by atoms with E-state index >= 15 is 0 Å². The largest absolute Gasteiger partial charge is 0.335 e. The van der Waals surface area contributed by atoms with Crippen LogP contribution < -0.4 is 5.32 Å². The van der Waals surface area contributed by atoms with Crippen LogP contribution in [0.3, 0.4) is 0 Å². The Morgan fingerprint density at radius 3 is 2.48 bits per heavy atom. The van der Waals surface area contributed by atoms with Gasteiger partial charge in [0.2, 0.25) is 0 Å². The highest BCUT2D eigenvalue weighted by atomic mass is 19.1. The van der Waals surface area contributed by atoms with Crippen molar-refractivity contribution in [3.8, 4) is 11.4 Å². The van der Waals surface area contributed by atoms with Gasteiger partial charge in [0.15, 0.2) is 5.82 Å². The van der Waals surface area contributed by atoms with Crippen molar-refractivity contribution in [1.82, 2.24) is 25.0 Å². The van der Waals surface area contributed by atoms with Crippen molar-refractivity contribution in [2.24, 2.45) is 0 Å². The number of carbonyl (C=O) groups is 2. The average Bonchev–Trinajstić information content (AvgIpc) is 3.28. The number of amides is 3. The number of aromatic amines is 1. The summed E-state index contributed by atoms with van der Waals surface area (Å²) in [7, 11) is 0. The molecule has 9 heteroatoms. The van der Waals surface area contributed by atoms with Gasteiger partial charge in [-0.05, 0) is 30.3 Å². The zero-order chi connectivity index (χ0) is 20.2. The molecule has 8 nitrogen and oxygen atoms in total. The summed E-state index contributed by atoms with van der Waals surface area (Å²) >= 11 is 0. The van der Waals surface area contributed by atoms with Gasteiger partial charge in [-0.2, -0.15) is 5.10 Å². The molecular weight excluding hydrogens is 375 g/mol. The number of halogens is 1. The number of carbonyl (C=O) groups excluding carboxylic acids is 2. The van der Waals surface area contributed by atoms with Gasteiger partial charge in [-0.3, -0.25) is 9.89 Å². The molecule has 1 aliphatic rings. The number of anilines is 1. The van der Waals surface area contributed by atoms with E-state index in [2.05, 4.69) is 20.5 Å². The number of rotatable bonds is 3. The van der Waals surface area contributed by atoms with Crippen LogP contribution in [-0.4, -0.2) is 63.1 Å². The fourth-order valence-corrected chi connectivity index (χ4v) is 3.21. The van der Waals surface area contributed by atoms with E-state index in [-0.39, 0.29) is 11.9 Å². The Kier molecular flexibility index (Phi) is 5.19. The fourth-order valence-electron chi connectivity index (χ4n) is 3.21. The van der Waals surface area contributed by atoms with E-state index in [1.165, 1.54) is 24.5 Å². The van der Waals surface area contributed by atoms with Crippen LogP contribution in [0, 0.1) is 5.82 Å². The van der Waals surface area contributed by atoms with Crippen molar-refractivity contribution < 1.29 is 14.0 Å². The zero-order valence-corrected chi connectivity index (χ0v) is 15.5. The number of nitrogens with one attached hydrogen (secondary N) is 2. The van der Waals surface area contributed by atoms with E-state index in [0.29, 0.717) is 43.3 Å². The average molecular weight is 394 g/mol. The maximum absolute atomic E-state index is 13.3. The molecule has 1 saturated heterocycles. The predicted octanol–water partition coefficient (Wildman–Crippen LogP) is 2.60. The molecule has 0 atom stereocenters. The second-order valence-electron chi connectivity index (χ2n) is 6.63. The third kappa shape index (κ3) is 4.23. The van der Waals surface area contributed by atoms with E-state index in [4.69, 9.17) is 0 Å². The van der Waals surface area contributed by atoms with Crippen LogP contribution in [-0.2, 0) is 0 Å². The lowest BCUT2D eigenvalue weighted by Gasteiger charge is -2.34. The van der Waals surface area contributed by atoms with Crippen molar-refractivity contribution in [2.45, 2.75) is 0 Å². The number of H-pyrrole nitrogens is 1. The standard InChI is InChI=1S/C20H19FN6O2/c21-16-5-1-4-15(11-16)19(28)26-7-9-27(10-8-26)20(29)24-17-6-2-3-14(12-17)18-22-13-23-25-18/h1-6,11-13H,7-10H2,(H,24,29)(H,22,23,25). The first-order valence-electron chi connectivity index (χ1n) is 9.17. The number of hydrogen-bond acceptors (Lipinski definition) is 4. The molecular formula is C20H19FN6O2. The Morgan fingerprint density at radius 1 is 1.00 bits per heavy atom. The first kappa shape index (κ1) is 18.6. The predicted molar refractivity (Wildman–Crippen MR) is 105 cm³/mol. The molecule has 1 aliphatic heterocycles. The van der Waals surface area contributed by atoms with Gasteiger partial charge in [0.25, 0.3) is 5.91 Å². The number of piperazine rings is 1. The SMILES string of the molecule is O=C(Nc1cccc(-c2ncn[nH]2)c1)N1CCN(C(=O)c2cccc(F)c2)CC1. The molecule has 2 heterocycles. The topological polar surface area (TPSA) is 94.2 Å². The number of hydrogen-bond donors (Lipinski definition) is 2. The van der Waals surface area contributed by atoms with Crippen molar-refractivity contribution in [2.75, 3.05) is 31.5 Å². The minimum Gasteiger partial charge on any atom is -0.335 e. The summed E-state index contributed by atoms with van der Waals surface area (Å²) in [5.74, 6) is -0.0590. The normalized spacial score (nSPS) is 14.0. The van der Waals surface area contributed by atoms with Gasteiger partial charge < -0.3 is 15.1 Å². The Hall–Kier alpha value is -3.75. The van der Waals surface area contributed by atoms with Gasteiger partial charge in [0, 0.05) is 43.0 Å². The van der Waals surface area contributed by atoms with Crippen molar-refractivity contribution in [3.05, 3.63) is 66.2 Å². The summed E-state index contributed by atoms with van der Waals surface area (Å²) in [5, 5.41) is 9.48. The molecule has 29 heavy (non-hydrogen) atoms. The minimum absolute atomic E-state index is 0.232. The molecule has 3 amide bonds. The first-order chi connectivity index (χ1) is 14.1. The van der Waals surface area contributed by atoms with Gasteiger partial charge in [0.1, 0.15) is 12.1 Å². The lowest BCUT2D eigenvalue weighted by molar-refractivity contribution is 0.0671. The van der Waals surface area contributed by atoms with Crippen molar-refractivity contribution in [1.29, 1.82) is 0 Å². The summed E-state index contributed by atoms with van der Waals surface area (Å²) in [5.41, 5.74) is 1.76. The molecule has 0 aliphatic carbocycles. The molecule has 0 unspecified atom stereocenters. The van der Waals surface area contributed by atoms with Gasteiger partial charge >= 0.3 is 6.03 Å². The van der Waals surface area contributed by atoms with Crippen LogP contribution in [0.25, 0.3) is 11.4 Å². The highest BCUT2D eigenvalue weighted by Gasteiger charge is 2.25. The molecule has 1 aromatic heterocycles. The summed E-state index contributed by atoms with van der Waals surface area (Å²) in [6, 6.07) is 12.7. The van der Waals surface area contributed by atoms with E-state index in [1.807, 2.05) is 18.2 Å². The second-order valence-corrected chi connectivity index (χ2v) is 6.63. The number of benzene rings is 2. The molecule has 2 aromatic carbocycles. The Labute approximate surface area is 166 Å². The summed E-state index contributed by atoms with van der Waals surface area (Å²) < 4.78 is 13.3. The summed E-state index contributed by atoms with van der Waals surface area (Å²) in [4.78, 5) is 32.5. The van der Waals surface area contributed by atoms with E-state index < -0.39 is 5.82 Å². The van der Waals surface area contributed by atoms with Gasteiger partial charge in [-0.15, -0.1) is 0 Å². The van der Waals surface area contributed by atoms with Crippen LogP contribution in [0.5, 0.6) is 0 Å². The van der Waals surface area contributed by atoms with E-state index in [1.54, 1.807) is 21.9 Å². The first-order valence-corrected chi connectivity index (χ1v) is 9.17. The Balaban J connectivity index is 1.35.